The second-order valence-electron chi connectivity index (χ2n) is 4.02. The quantitative estimate of drug-likeness (QED) is 0.705. The van der Waals surface area contributed by atoms with E-state index in [1.165, 1.54) is 30.4 Å². The van der Waals surface area contributed by atoms with Crippen LogP contribution in [-0.2, 0) is 4.79 Å². The molecule has 1 fully saturated rings. The van der Waals surface area contributed by atoms with E-state index in [2.05, 4.69) is 5.32 Å². The van der Waals surface area contributed by atoms with Gasteiger partial charge < -0.3 is 10.4 Å². The number of rotatable bonds is 5. The maximum absolute atomic E-state index is 10.4. The van der Waals surface area contributed by atoms with Gasteiger partial charge in [-0.15, -0.1) is 0 Å². The normalized spacial score (nSPS) is 19.1. The second kappa shape index (κ2) is 6.90. The highest BCUT2D eigenvalue weighted by Gasteiger charge is 2.12. The van der Waals surface area contributed by atoms with Crippen molar-refractivity contribution in [2.75, 3.05) is 24.6 Å². The molecule has 0 saturated carbocycles. The molecular weight excluding hydrogens is 210 g/mol. The topological polar surface area (TPSA) is 49.3 Å². The van der Waals surface area contributed by atoms with Crippen LogP contribution in [0.3, 0.4) is 0 Å². The molecule has 15 heavy (non-hydrogen) atoms. The van der Waals surface area contributed by atoms with Crippen molar-refractivity contribution in [1.82, 2.24) is 5.32 Å². The van der Waals surface area contributed by atoms with Crippen molar-refractivity contribution in [3.63, 3.8) is 0 Å². The maximum Gasteiger partial charge on any atom is 0.328 e. The Morgan fingerprint density at radius 2 is 2.20 bits per heavy atom. The predicted octanol–water partition coefficient (Wildman–Crippen LogP) is 1.75. The third-order valence-electron chi connectivity index (χ3n) is 2.55. The lowest BCUT2D eigenvalue weighted by Gasteiger charge is -2.21. The molecule has 1 aliphatic rings. The first kappa shape index (κ1) is 12.6. The van der Waals surface area contributed by atoms with Crippen molar-refractivity contribution in [3.05, 3.63) is 11.6 Å². The van der Waals surface area contributed by atoms with Crippen molar-refractivity contribution in [1.29, 1.82) is 0 Å². The molecule has 0 aliphatic carbocycles. The zero-order valence-corrected chi connectivity index (χ0v) is 9.98. The second-order valence-corrected chi connectivity index (χ2v) is 5.24. The van der Waals surface area contributed by atoms with Crippen LogP contribution < -0.4 is 5.32 Å². The van der Waals surface area contributed by atoms with Gasteiger partial charge in [-0.1, -0.05) is 5.57 Å². The van der Waals surface area contributed by atoms with Crippen LogP contribution in [-0.4, -0.2) is 35.7 Å². The number of hydrogen-bond acceptors (Lipinski definition) is 3. The summed E-state index contributed by atoms with van der Waals surface area (Å²) in [5, 5.41) is 11.8. The summed E-state index contributed by atoms with van der Waals surface area (Å²) in [5.74, 6) is 2.47. The van der Waals surface area contributed by atoms with Gasteiger partial charge in [-0.2, -0.15) is 11.8 Å². The summed E-state index contributed by atoms with van der Waals surface area (Å²) in [7, 11) is 0. The van der Waals surface area contributed by atoms with Gasteiger partial charge in [-0.05, 0) is 43.7 Å². The van der Waals surface area contributed by atoms with Crippen LogP contribution >= 0.6 is 11.8 Å². The Morgan fingerprint density at radius 3 is 2.80 bits per heavy atom. The van der Waals surface area contributed by atoms with Crippen molar-refractivity contribution < 1.29 is 9.90 Å². The van der Waals surface area contributed by atoms with Crippen LogP contribution in [0.5, 0.6) is 0 Å². The van der Waals surface area contributed by atoms with E-state index in [0.29, 0.717) is 6.54 Å². The molecule has 2 N–H and O–H groups in total. The van der Waals surface area contributed by atoms with Gasteiger partial charge in [-0.3, -0.25) is 0 Å². The molecule has 4 heteroatoms. The lowest BCUT2D eigenvalue weighted by Crippen LogP contribution is -2.27. The summed E-state index contributed by atoms with van der Waals surface area (Å²) in [4.78, 5) is 10.4. The average Bonchev–Trinajstić information content (AvgIpc) is 2.18. The molecule has 1 rings (SSSR count). The largest absolute Gasteiger partial charge is 0.478 e. The van der Waals surface area contributed by atoms with E-state index in [-0.39, 0.29) is 0 Å². The first-order valence-corrected chi connectivity index (χ1v) is 6.52. The van der Waals surface area contributed by atoms with Crippen molar-refractivity contribution in [3.8, 4) is 0 Å². The zero-order valence-electron chi connectivity index (χ0n) is 9.16. The van der Waals surface area contributed by atoms with E-state index in [1.54, 1.807) is 0 Å². The Labute approximate surface area is 95.3 Å². The van der Waals surface area contributed by atoms with Crippen molar-refractivity contribution in [2.24, 2.45) is 5.92 Å². The third kappa shape index (κ3) is 5.85. The number of thioether (sulfide) groups is 1. The Balaban J connectivity index is 2.12. The monoisotopic (exact) mass is 229 g/mol. The molecule has 0 spiro atoms. The molecule has 0 amide bonds. The Bertz CT molecular complexity index is 235. The van der Waals surface area contributed by atoms with Gasteiger partial charge in [0.2, 0.25) is 0 Å². The van der Waals surface area contributed by atoms with Crippen molar-refractivity contribution >= 4 is 17.7 Å². The van der Waals surface area contributed by atoms with Crippen LogP contribution in [0.25, 0.3) is 0 Å². The van der Waals surface area contributed by atoms with E-state index in [1.807, 2.05) is 18.7 Å². The molecular formula is C11H19NO2S. The van der Waals surface area contributed by atoms with Crippen LogP contribution in [0.2, 0.25) is 0 Å². The Kier molecular flexibility index (Phi) is 5.79. The van der Waals surface area contributed by atoms with E-state index in [0.717, 1.165) is 18.0 Å². The van der Waals surface area contributed by atoms with Crippen LogP contribution in [0, 0.1) is 5.92 Å². The smallest absolute Gasteiger partial charge is 0.328 e. The van der Waals surface area contributed by atoms with E-state index >= 15 is 0 Å². The molecule has 0 aromatic carbocycles. The van der Waals surface area contributed by atoms with Gasteiger partial charge in [0.15, 0.2) is 0 Å². The summed E-state index contributed by atoms with van der Waals surface area (Å²) in [6.07, 6.45) is 3.85. The fraction of sp³-hybridized carbons (Fsp3) is 0.727. The predicted molar refractivity (Wildman–Crippen MR) is 64.3 cm³/mol. The van der Waals surface area contributed by atoms with Gasteiger partial charge in [0.1, 0.15) is 0 Å². The van der Waals surface area contributed by atoms with Crippen LogP contribution in [0.1, 0.15) is 19.8 Å². The molecule has 1 saturated heterocycles. The average molecular weight is 229 g/mol. The molecule has 0 radical (unpaired) electrons. The first-order chi connectivity index (χ1) is 7.18. The molecule has 0 unspecified atom stereocenters. The number of hydrogen-bond donors (Lipinski definition) is 2. The minimum absolute atomic E-state index is 0.690. The first-order valence-electron chi connectivity index (χ1n) is 5.37. The van der Waals surface area contributed by atoms with Gasteiger partial charge in [0.25, 0.3) is 0 Å². The highest BCUT2D eigenvalue weighted by molar-refractivity contribution is 7.99. The summed E-state index contributed by atoms with van der Waals surface area (Å²) in [6.45, 7) is 3.55. The fourth-order valence-electron chi connectivity index (χ4n) is 1.69. The standard InChI is InChI=1S/C11H19NO2S/c1-9(6-11(13)14)7-12-8-10-2-4-15-5-3-10/h6,10,12H,2-5,7-8H2,1H3,(H,13,14). The highest BCUT2D eigenvalue weighted by Crippen LogP contribution is 2.21. The molecule has 0 atom stereocenters. The number of aliphatic carboxylic acids is 1. The van der Waals surface area contributed by atoms with Crippen LogP contribution in [0.4, 0.5) is 0 Å². The zero-order chi connectivity index (χ0) is 11.1. The number of nitrogens with one attached hydrogen (secondary N) is 1. The molecule has 1 aliphatic heterocycles. The molecule has 3 nitrogen and oxygen atoms in total. The summed E-state index contributed by atoms with van der Waals surface area (Å²) in [5.41, 5.74) is 0.882. The minimum Gasteiger partial charge on any atom is -0.478 e. The number of carbonyl (C=O) groups is 1. The fourth-order valence-corrected chi connectivity index (χ4v) is 2.89. The Morgan fingerprint density at radius 1 is 1.53 bits per heavy atom. The maximum atomic E-state index is 10.4. The third-order valence-corrected chi connectivity index (χ3v) is 3.60. The molecule has 86 valence electrons. The lowest BCUT2D eigenvalue weighted by atomic mass is 10.0. The highest BCUT2D eigenvalue weighted by atomic mass is 32.2. The van der Waals surface area contributed by atoms with Crippen LogP contribution in [0.15, 0.2) is 11.6 Å². The lowest BCUT2D eigenvalue weighted by molar-refractivity contribution is -0.131. The van der Waals surface area contributed by atoms with Gasteiger partial charge in [0.05, 0.1) is 0 Å². The summed E-state index contributed by atoms with van der Waals surface area (Å²) < 4.78 is 0. The minimum atomic E-state index is -0.858. The van der Waals surface area contributed by atoms with Gasteiger partial charge in [0, 0.05) is 12.6 Å². The summed E-state index contributed by atoms with van der Waals surface area (Å²) in [6, 6.07) is 0. The van der Waals surface area contributed by atoms with E-state index < -0.39 is 5.97 Å². The SMILES string of the molecule is CC(=CC(=O)O)CNCC1CCSCC1. The summed E-state index contributed by atoms with van der Waals surface area (Å²) >= 11 is 2.03. The van der Waals surface area contributed by atoms with Gasteiger partial charge >= 0.3 is 5.97 Å². The van der Waals surface area contributed by atoms with Crippen molar-refractivity contribution in [2.45, 2.75) is 19.8 Å². The molecule has 1 heterocycles. The molecule has 0 bridgehead atoms. The number of carboxylic acids is 1. The van der Waals surface area contributed by atoms with Gasteiger partial charge in [-0.25, -0.2) is 4.79 Å². The Hall–Kier alpha value is -0.480. The molecule has 0 aromatic heterocycles. The van der Waals surface area contributed by atoms with E-state index in [4.69, 9.17) is 5.11 Å². The van der Waals surface area contributed by atoms with E-state index in [9.17, 15) is 4.79 Å². The molecule has 0 aromatic rings. The number of carboxylic acid groups (broad SMARTS) is 1.